The molecule has 2 atom stereocenters. The first kappa shape index (κ1) is 34.3. The SMILES string of the molecule is CO[C@@H]1C(=O)N2C(C(=O)O)=C(COC(C)=O)CS[C@@H]12.NP(N)(=O)N(Cc1ccc([N+](=O)[O-])cc1)Cc1ccc([N+](=O)[O-])cc1. The number of esters is 1. The molecule has 2 aliphatic heterocycles. The van der Waals surface area contributed by atoms with E-state index in [9.17, 15) is 44.3 Å². The normalized spacial score (nSPS) is 17.7. The molecule has 1 amide bonds. The van der Waals surface area contributed by atoms with Crippen LogP contribution < -0.4 is 11.0 Å². The van der Waals surface area contributed by atoms with Gasteiger partial charge in [0.15, 0.2) is 6.10 Å². The number of carbonyl (C=O) groups is 3. The highest BCUT2D eigenvalue weighted by Crippen LogP contribution is 2.41. The summed E-state index contributed by atoms with van der Waals surface area (Å²) in [6, 6.07) is 11.4. The monoisotopic (exact) mass is 652 g/mol. The van der Waals surface area contributed by atoms with Crippen LogP contribution in [0.4, 0.5) is 11.4 Å². The van der Waals surface area contributed by atoms with Crippen LogP contribution in [-0.2, 0) is 41.5 Å². The number of nitrogens with two attached hydrogens (primary N) is 2. The molecule has 0 aliphatic carbocycles. The first-order chi connectivity index (χ1) is 20.6. The lowest BCUT2D eigenvalue weighted by Crippen LogP contribution is -2.65. The van der Waals surface area contributed by atoms with E-state index < -0.39 is 35.5 Å². The van der Waals surface area contributed by atoms with E-state index in [0.717, 1.165) is 0 Å². The molecule has 236 valence electrons. The van der Waals surface area contributed by atoms with Gasteiger partial charge in [0.25, 0.3) is 24.9 Å². The van der Waals surface area contributed by atoms with Crippen LogP contribution in [-0.4, -0.2) is 73.3 Å². The number of carbonyl (C=O) groups excluding carboxylic acids is 2. The lowest BCUT2D eigenvalue weighted by Gasteiger charge is -2.48. The second-order valence-corrected chi connectivity index (χ2v) is 12.5. The number of rotatable bonds is 11. The van der Waals surface area contributed by atoms with Crippen molar-refractivity contribution in [3.63, 3.8) is 0 Å². The molecule has 1 saturated heterocycles. The first-order valence-electron chi connectivity index (χ1n) is 12.6. The molecule has 44 heavy (non-hydrogen) atoms. The molecule has 0 aromatic heterocycles. The Morgan fingerprint density at radius 3 is 1.89 bits per heavy atom. The molecular weight excluding hydrogens is 623 g/mol. The zero-order valence-corrected chi connectivity index (χ0v) is 25.1. The number of amides is 1. The molecule has 0 saturated carbocycles. The molecule has 0 bridgehead atoms. The Hall–Kier alpha value is -4.19. The number of nitro benzene ring substituents is 2. The highest BCUT2D eigenvalue weighted by molar-refractivity contribution is 8.00. The zero-order chi connectivity index (χ0) is 32.8. The number of hydrogen-bond donors (Lipinski definition) is 3. The number of methoxy groups -OCH3 is 1. The Kier molecular flexibility index (Phi) is 11.3. The fraction of sp³-hybridized carbons (Fsp3) is 0.320. The summed E-state index contributed by atoms with van der Waals surface area (Å²) in [5.74, 6) is -1.68. The van der Waals surface area contributed by atoms with Gasteiger partial charge in [0.1, 0.15) is 17.7 Å². The van der Waals surface area contributed by atoms with Crippen molar-refractivity contribution in [3.05, 3.63) is 91.2 Å². The molecule has 2 aromatic rings. The predicted octanol–water partition coefficient (Wildman–Crippen LogP) is 2.35. The summed E-state index contributed by atoms with van der Waals surface area (Å²) in [7, 11) is -2.19. The van der Waals surface area contributed by atoms with Crippen molar-refractivity contribution in [1.82, 2.24) is 9.57 Å². The number of carboxylic acids is 1. The summed E-state index contributed by atoms with van der Waals surface area (Å²) >= 11 is 1.40. The van der Waals surface area contributed by atoms with E-state index in [0.29, 0.717) is 22.5 Å². The topological polar surface area (TPSA) is 252 Å². The average molecular weight is 653 g/mol. The molecule has 4 rings (SSSR count). The van der Waals surface area contributed by atoms with E-state index in [1.165, 1.54) is 83.9 Å². The van der Waals surface area contributed by atoms with E-state index in [4.69, 9.17) is 20.5 Å². The third kappa shape index (κ3) is 8.46. The zero-order valence-electron chi connectivity index (χ0n) is 23.4. The van der Waals surface area contributed by atoms with Crippen LogP contribution >= 0.6 is 19.4 Å². The van der Waals surface area contributed by atoms with Gasteiger partial charge in [-0.05, 0) is 11.1 Å². The minimum Gasteiger partial charge on any atom is -0.477 e. The van der Waals surface area contributed by atoms with Gasteiger partial charge in [-0.3, -0.25) is 50.3 Å². The van der Waals surface area contributed by atoms with Crippen molar-refractivity contribution in [2.45, 2.75) is 31.5 Å². The van der Waals surface area contributed by atoms with Crippen molar-refractivity contribution in [2.75, 3.05) is 19.5 Å². The van der Waals surface area contributed by atoms with Crippen molar-refractivity contribution < 1.29 is 43.4 Å². The number of fused-ring (bicyclic) bond motifs is 1. The van der Waals surface area contributed by atoms with Gasteiger partial charge in [0.05, 0.1) is 9.85 Å². The average Bonchev–Trinajstić information content (AvgIpc) is 2.95. The molecule has 2 heterocycles. The maximum absolute atomic E-state index is 12.1. The number of thioether (sulfide) groups is 1. The Labute approximate surface area is 254 Å². The summed E-state index contributed by atoms with van der Waals surface area (Å²) in [4.78, 5) is 55.4. The number of nitrogens with zero attached hydrogens (tertiary/aromatic N) is 4. The fourth-order valence-electron chi connectivity index (χ4n) is 4.18. The van der Waals surface area contributed by atoms with Crippen LogP contribution in [0, 0.1) is 20.2 Å². The molecule has 0 unspecified atom stereocenters. The van der Waals surface area contributed by atoms with Gasteiger partial charge in [0.2, 0.25) is 0 Å². The van der Waals surface area contributed by atoms with Crippen LogP contribution in [0.5, 0.6) is 0 Å². The van der Waals surface area contributed by atoms with Crippen molar-refractivity contribution in [1.29, 1.82) is 0 Å². The molecule has 17 nitrogen and oxygen atoms in total. The summed E-state index contributed by atoms with van der Waals surface area (Å²) < 4.78 is 23.3. The van der Waals surface area contributed by atoms with Gasteiger partial charge in [-0.25, -0.2) is 9.46 Å². The van der Waals surface area contributed by atoms with Gasteiger partial charge in [-0.1, -0.05) is 24.3 Å². The summed E-state index contributed by atoms with van der Waals surface area (Å²) in [6.45, 7) is 1.35. The standard InChI is InChI=1S/C14H16N5O5P.C11H13NO6S/c15-25(16,24)17(9-11-1-5-13(6-2-11)18(20)21)10-12-3-7-14(8-4-12)19(22)23;1-5(13)18-3-6-4-19-10-8(17-2)9(14)12(10)7(6)11(15)16/h1-8H,9-10H2,(H4,15,16,24);8,10H,3-4H2,1-2H3,(H,15,16)/t;8-,10+/m.1/s1. The van der Waals surface area contributed by atoms with E-state index in [2.05, 4.69) is 0 Å². The number of nitro groups is 2. The lowest BCUT2D eigenvalue weighted by atomic mass is 10.1. The fourth-order valence-corrected chi connectivity index (χ4v) is 6.30. The van der Waals surface area contributed by atoms with E-state index in [1.807, 2.05) is 0 Å². The van der Waals surface area contributed by atoms with Crippen LogP contribution in [0.2, 0.25) is 0 Å². The Balaban J connectivity index is 0.000000249. The van der Waals surface area contributed by atoms with Gasteiger partial charge in [-0.15, -0.1) is 11.8 Å². The number of hydrogen-bond acceptors (Lipinski definition) is 11. The largest absolute Gasteiger partial charge is 0.477 e. The molecule has 2 aromatic carbocycles. The van der Waals surface area contributed by atoms with Crippen LogP contribution in [0.3, 0.4) is 0 Å². The summed E-state index contributed by atoms with van der Waals surface area (Å²) in [6.07, 6.45) is -0.602. The number of non-ortho nitro benzene ring substituents is 2. The first-order valence-corrected chi connectivity index (χ1v) is 15.4. The predicted molar refractivity (Wildman–Crippen MR) is 157 cm³/mol. The van der Waals surface area contributed by atoms with Gasteiger partial charge < -0.3 is 14.6 Å². The third-order valence-electron chi connectivity index (χ3n) is 6.37. The Bertz CT molecular complexity index is 1450. The quantitative estimate of drug-likeness (QED) is 0.104. The van der Waals surface area contributed by atoms with Gasteiger partial charge >= 0.3 is 11.9 Å². The van der Waals surface area contributed by atoms with Crippen molar-refractivity contribution in [3.8, 4) is 0 Å². The molecular formula is C25H29N6O11PS. The van der Waals surface area contributed by atoms with Crippen LogP contribution in [0.25, 0.3) is 0 Å². The second-order valence-electron chi connectivity index (χ2n) is 9.45. The Morgan fingerprint density at radius 1 is 1.05 bits per heavy atom. The number of carboxylic acid groups (broad SMARTS) is 1. The maximum Gasteiger partial charge on any atom is 0.352 e. The highest BCUT2D eigenvalue weighted by Gasteiger charge is 2.54. The smallest absolute Gasteiger partial charge is 0.352 e. The van der Waals surface area contributed by atoms with E-state index in [1.54, 1.807) is 0 Å². The number of aliphatic carboxylic acids is 1. The second kappa shape index (κ2) is 14.5. The summed E-state index contributed by atoms with van der Waals surface area (Å²) in [5.41, 5.74) is 12.6. The molecule has 19 heteroatoms. The molecule has 5 N–H and O–H groups in total. The molecule has 0 spiro atoms. The maximum atomic E-state index is 12.1. The number of benzene rings is 2. The number of ether oxygens (including phenoxy) is 2. The molecule has 1 fully saturated rings. The molecule has 2 aliphatic rings. The Morgan fingerprint density at radius 2 is 1.52 bits per heavy atom. The van der Waals surface area contributed by atoms with Crippen molar-refractivity contribution >= 4 is 48.6 Å². The van der Waals surface area contributed by atoms with E-state index in [-0.39, 0.29) is 48.0 Å². The number of β-lactam (4-membered cyclic amide) rings is 1. The minimum absolute atomic E-state index is 0.0608. The van der Waals surface area contributed by atoms with Crippen molar-refractivity contribution in [2.24, 2.45) is 11.0 Å². The minimum atomic E-state index is -3.60. The third-order valence-corrected chi connectivity index (χ3v) is 8.85. The molecule has 0 radical (unpaired) electrons. The summed E-state index contributed by atoms with van der Waals surface area (Å²) in [5, 5.41) is 30.3. The van der Waals surface area contributed by atoms with Gasteiger partial charge in [-0.2, -0.15) is 0 Å². The lowest BCUT2D eigenvalue weighted by molar-refractivity contribution is -0.385. The van der Waals surface area contributed by atoms with Gasteiger partial charge in [0, 0.05) is 62.7 Å². The van der Waals surface area contributed by atoms with Crippen LogP contribution in [0.15, 0.2) is 59.8 Å². The highest BCUT2D eigenvalue weighted by atomic mass is 32.2. The van der Waals surface area contributed by atoms with E-state index >= 15 is 0 Å². The van der Waals surface area contributed by atoms with Crippen LogP contribution in [0.1, 0.15) is 18.1 Å².